The number of aromatic hydroxyl groups is 1. The van der Waals surface area contributed by atoms with Gasteiger partial charge in [-0.1, -0.05) is 83.9 Å². The molecule has 0 aliphatic rings. The highest BCUT2D eigenvalue weighted by Crippen LogP contribution is 2.48. The Labute approximate surface area is 191 Å². The van der Waals surface area contributed by atoms with Crippen molar-refractivity contribution < 1.29 is 14.4 Å². The van der Waals surface area contributed by atoms with Crippen LogP contribution in [0, 0.1) is 0 Å². The second kappa shape index (κ2) is 8.80. The third kappa shape index (κ3) is 3.97. The molecule has 0 spiro atoms. The van der Waals surface area contributed by atoms with E-state index in [1.54, 1.807) is 31.4 Å². The highest BCUT2D eigenvalue weighted by Gasteiger charge is 2.33. The number of methoxy groups -OCH3 is 1. The van der Waals surface area contributed by atoms with Crippen molar-refractivity contribution >= 4 is 46.3 Å². The van der Waals surface area contributed by atoms with Gasteiger partial charge in [0.25, 0.3) is 0 Å². The minimum atomic E-state index is -3.31. The van der Waals surface area contributed by atoms with Crippen LogP contribution in [-0.4, -0.2) is 12.2 Å². The van der Waals surface area contributed by atoms with E-state index in [0.29, 0.717) is 37.8 Å². The Bertz CT molecular complexity index is 1230. The van der Waals surface area contributed by atoms with Crippen LogP contribution in [0.1, 0.15) is 0 Å². The molecule has 0 fully saturated rings. The summed E-state index contributed by atoms with van der Waals surface area (Å²) < 4.78 is 20.3. The molecule has 0 heterocycles. The molecule has 0 unspecified atom stereocenters. The van der Waals surface area contributed by atoms with Crippen molar-refractivity contribution in [1.82, 2.24) is 0 Å². The Morgan fingerprint density at radius 3 is 1.90 bits per heavy atom. The maximum atomic E-state index is 14.9. The van der Waals surface area contributed by atoms with Crippen molar-refractivity contribution in [3.63, 3.8) is 0 Å². The smallest absolute Gasteiger partial charge is 0.171 e. The van der Waals surface area contributed by atoms with Gasteiger partial charge < -0.3 is 14.4 Å². The Morgan fingerprint density at radius 1 is 0.774 bits per heavy atom. The standard InChI is InChI=1S/C25H19Cl2O3P/c1-30-18-12-13-24(21(16-18)22-14-17(26)15-23(27)25(22)28)31(29,19-8-4-2-5-9-19)20-10-6-3-7-11-20/h2-16,28H,1H3. The summed E-state index contributed by atoms with van der Waals surface area (Å²) in [5.41, 5.74) is 0.927. The molecule has 0 bridgehead atoms. The molecule has 0 amide bonds. The van der Waals surface area contributed by atoms with E-state index in [2.05, 4.69) is 0 Å². The van der Waals surface area contributed by atoms with Gasteiger partial charge in [-0.3, -0.25) is 0 Å². The SMILES string of the molecule is COc1ccc(P(=O)(c2ccccc2)c2ccccc2)c(-c2cc(Cl)cc(Cl)c2O)c1. The second-order valence-electron chi connectivity index (χ2n) is 6.95. The van der Waals surface area contributed by atoms with E-state index in [9.17, 15) is 9.67 Å². The lowest BCUT2D eigenvalue weighted by molar-refractivity contribution is 0.415. The number of phenols is 1. The number of halogens is 2. The molecule has 6 heteroatoms. The van der Waals surface area contributed by atoms with E-state index in [-0.39, 0.29) is 10.8 Å². The summed E-state index contributed by atoms with van der Waals surface area (Å²) in [7, 11) is -1.76. The minimum absolute atomic E-state index is 0.116. The van der Waals surface area contributed by atoms with Crippen molar-refractivity contribution in [3.8, 4) is 22.6 Å². The molecule has 4 aromatic carbocycles. The zero-order valence-corrected chi connectivity index (χ0v) is 19.0. The molecule has 0 aromatic heterocycles. The molecule has 0 aliphatic carbocycles. The monoisotopic (exact) mass is 468 g/mol. The predicted molar refractivity (Wildman–Crippen MR) is 130 cm³/mol. The van der Waals surface area contributed by atoms with Crippen molar-refractivity contribution in [1.29, 1.82) is 0 Å². The van der Waals surface area contributed by atoms with Crippen LogP contribution < -0.4 is 20.7 Å². The largest absolute Gasteiger partial charge is 0.506 e. The number of ether oxygens (including phenoxy) is 1. The van der Waals surface area contributed by atoms with Gasteiger partial charge in [-0.05, 0) is 30.3 Å². The molecule has 1 N–H and O–H groups in total. The first kappa shape index (κ1) is 21.5. The van der Waals surface area contributed by atoms with Crippen LogP contribution in [0.15, 0.2) is 91.0 Å². The molecule has 0 aliphatic heterocycles. The van der Waals surface area contributed by atoms with E-state index in [4.69, 9.17) is 27.9 Å². The van der Waals surface area contributed by atoms with Gasteiger partial charge in [0.2, 0.25) is 0 Å². The molecule has 0 saturated carbocycles. The van der Waals surface area contributed by atoms with Crippen LogP contribution in [-0.2, 0) is 4.57 Å². The van der Waals surface area contributed by atoms with Gasteiger partial charge in [-0.2, -0.15) is 0 Å². The third-order valence-electron chi connectivity index (χ3n) is 5.10. The van der Waals surface area contributed by atoms with Crippen molar-refractivity contribution in [2.75, 3.05) is 7.11 Å². The van der Waals surface area contributed by atoms with E-state index in [1.165, 1.54) is 6.07 Å². The summed E-state index contributed by atoms with van der Waals surface area (Å²) in [6, 6.07) is 27.0. The topological polar surface area (TPSA) is 46.5 Å². The van der Waals surface area contributed by atoms with Crippen LogP contribution in [0.2, 0.25) is 10.0 Å². The number of hydrogen-bond acceptors (Lipinski definition) is 3. The Hall–Kier alpha value is -2.71. The highest BCUT2D eigenvalue weighted by atomic mass is 35.5. The summed E-state index contributed by atoms with van der Waals surface area (Å²) in [5, 5.41) is 13.1. The maximum absolute atomic E-state index is 14.9. The lowest BCUT2D eigenvalue weighted by atomic mass is 10.0. The lowest BCUT2D eigenvalue weighted by Gasteiger charge is -2.24. The molecule has 3 nitrogen and oxygen atoms in total. The quantitative estimate of drug-likeness (QED) is 0.364. The van der Waals surface area contributed by atoms with Crippen LogP contribution in [0.3, 0.4) is 0 Å². The summed E-state index contributed by atoms with van der Waals surface area (Å²) in [5.74, 6) is 0.426. The predicted octanol–water partition coefficient (Wildman–Crippen LogP) is 6.01. The highest BCUT2D eigenvalue weighted by molar-refractivity contribution is 7.85. The molecular weight excluding hydrogens is 450 g/mol. The van der Waals surface area contributed by atoms with Crippen LogP contribution in [0.4, 0.5) is 0 Å². The zero-order valence-electron chi connectivity index (χ0n) is 16.6. The molecule has 156 valence electrons. The summed E-state index contributed by atoms with van der Waals surface area (Å²) in [6.45, 7) is 0. The maximum Gasteiger partial charge on any atom is 0.171 e. The Balaban J connectivity index is 2.10. The fourth-order valence-electron chi connectivity index (χ4n) is 3.61. The van der Waals surface area contributed by atoms with Crippen LogP contribution >= 0.6 is 30.3 Å². The molecule has 0 saturated heterocycles. The molecule has 4 aromatic rings. The fraction of sp³-hybridized carbons (Fsp3) is 0.0400. The first-order valence-corrected chi connectivity index (χ1v) is 12.0. The van der Waals surface area contributed by atoms with Gasteiger partial charge in [-0.25, -0.2) is 0 Å². The van der Waals surface area contributed by atoms with E-state index < -0.39 is 7.14 Å². The number of benzene rings is 4. The van der Waals surface area contributed by atoms with Gasteiger partial charge in [-0.15, -0.1) is 0 Å². The van der Waals surface area contributed by atoms with Crippen LogP contribution in [0.5, 0.6) is 11.5 Å². The first-order valence-electron chi connectivity index (χ1n) is 9.53. The van der Waals surface area contributed by atoms with Gasteiger partial charge in [0.15, 0.2) is 7.14 Å². The van der Waals surface area contributed by atoms with Gasteiger partial charge in [0.1, 0.15) is 11.5 Å². The molecule has 4 rings (SSSR count). The third-order valence-corrected chi connectivity index (χ3v) is 8.73. The lowest BCUT2D eigenvalue weighted by Crippen LogP contribution is -2.26. The normalized spacial score (nSPS) is 11.3. The summed E-state index contributed by atoms with van der Waals surface area (Å²) in [4.78, 5) is 0. The molecule has 31 heavy (non-hydrogen) atoms. The number of rotatable bonds is 5. The van der Waals surface area contributed by atoms with E-state index >= 15 is 0 Å². The van der Waals surface area contributed by atoms with Crippen LogP contribution in [0.25, 0.3) is 11.1 Å². The second-order valence-corrected chi connectivity index (χ2v) is 10.5. The fourth-order valence-corrected chi connectivity index (χ4v) is 6.95. The number of phenolic OH excluding ortho intramolecular Hbond substituents is 1. The molecular formula is C25H19Cl2O3P. The average Bonchev–Trinajstić information content (AvgIpc) is 2.81. The minimum Gasteiger partial charge on any atom is -0.506 e. The Kier molecular flexibility index (Phi) is 6.11. The van der Waals surface area contributed by atoms with Gasteiger partial charge in [0, 0.05) is 32.1 Å². The average molecular weight is 469 g/mol. The van der Waals surface area contributed by atoms with Gasteiger partial charge in [0.05, 0.1) is 12.1 Å². The Morgan fingerprint density at radius 2 is 1.35 bits per heavy atom. The van der Waals surface area contributed by atoms with E-state index in [0.717, 1.165) is 0 Å². The van der Waals surface area contributed by atoms with Crippen molar-refractivity contribution in [2.45, 2.75) is 0 Å². The summed E-state index contributed by atoms with van der Waals surface area (Å²) in [6.07, 6.45) is 0. The summed E-state index contributed by atoms with van der Waals surface area (Å²) >= 11 is 12.5. The first-order chi connectivity index (χ1) is 14.9. The molecule has 0 atom stereocenters. The molecule has 0 radical (unpaired) electrons. The zero-order chi connectivity index (χ0) is 22.0. The van der Waals surface area contributed by atoms with E-state index in [1.807, 2.05) is 60.7 Å². The van der Waals surface area contributed by atoms with Crippen molar-refractivity contribution in [3.05, 3.63) is 101 Å². The van der Waals surface area contributed by atoms with Gasteiger partial charge >= 0.3 is 0 Å². The van der Waals surface area contributed by atoms with Crippen molar-refractivity contribution in [2.24, 2.45) is 0 Å². The number of hydrogen-bond donors (Lipinski definition) is 1.